The van der Waals surface area contributed by atoms with Crippen molar-refractivity contribution in [3.63, 3.8) is 0 Å². The molecule has 1 saturated carbocycles. The number of hydrogen-bond donors (Lipinski definition) is 2. The molecule has 0 saturated heterocycles. The number of rotatable bonds is 6. The van der Waals surface area contributed by atoms with Crippen molar-refractivity contribution in [2.24, 2.45) is 5.92 Å². The van der Waals surface area contributed by atoms with E-state index in [0.717, 1.165) is 29.9 Å². The Kier molecular flexibility index (Phi) is 4.94. The van der Waals surface area contributed by atoms with Crippen LogP contribution < -0.4 is 5.32 Å². The fourth-order valence-corrected chi connectivity index (χ4v) is 3.26. The van der Waals surface area contributed by atoms with Crippen LogP contribution in [-0.2, 0) is 17.8 Å². The van der Waals surface area contributed by atoms with Gasteiger partial charge in [-0.3, -0.25) is 14.5 Å². The average molecular weight is 328 g/mol. The highest BCUT2D eigenvalue weighted by molar-refractivity contribution is 5.76. The lowest BCUT2D eigenvalue weighted by Crippen LogP contribution is -2.49. The number of nitrogens with one attached hydrogen (secondary N) is 1. The van der Waals surface area contributed by atoms with Gasteiger partial charge in [0.15, 0.2) is 0 Å². The van der Waals surface area contributed by atoms with Gasteiger partial charge < -0.3 is 10.4 Å². The van der Waals surface area contributed by atoms with E-state index in [0.29, 0.717) is 12.3 Å². The van der Waals surface area contributed by atoms with Gasteiger partial charge in [0, 0.05) is 30.0 Å². The van der Waals surface area contributed by atoms with Crippen molar-refractivity contribution < 1.29 is 9.90 Å². The molecule has 2 aromatic heterocycles. The molecule has 1 amide bonds. The summed E-state index contributed by atoms with van der Waals surface area (Å²) < 4.78 is 1.72. The van der Waals surface area contributed by atoms with E-state index in [1.54, 1.807) is 10.9 Å². The van der Waals surface area contributed by atoms with E-state index in [4.69, 9.17) is 0 Å². The van der Waals surface area contributed by atoms with Crippen LogP contribution in [0.3, 0.4) is 0 Å². The van der Waals surface area contributed by atoms with Crippen LogP contribution in [0.25, 0.3) is 0 Å². The second kappa shape index (κ2) is 7.13. The molecule has 2 N–H and O–H groups in total. The van der Waals surface area contributed by atoms with Gasteiger partial charge in [0.2, 0.25) is 5.91 Å². The van der Waals surface area contributed by atoms with Crippen LogP contribution in [0.2, 0.25) is 0 Å². The van der Waals surface area contributed by atoms with Crippen molar-refractivity contribution in [2.75, 3.05) is 0 Å². The summed E-state index contributed by atoms with van der Waals surface area (Å²) in [5.74, 6) is 0.245. The van der Waals surface area contributed by atoms with Crippen molar-refractivity contribution in [1.82, 2.24) is 20.1 Å². The first-order valence-electron chi connectivity index (χ1n) is 8.39. The number of aliphatic hydroxyl groups is 1. The number of aryl methyl sites for hydroxylation is 2. The van der Waals surface area contributed by atoms with Gasteiger partial charge in [-0.15, -0.1) is 0 Å². The van der Waals surface area contributed by atoms with Crippen LogP contribution in [0.5, 0.6) is 0 Å². The number of amides is 1. The molecule has 128 valence electrons. The topological polar surface area (TPSA) is 80.0 Å². The second-order valence-electron chi connectivity index (χ2n) is 6.67. The predicted octanol–water partition coefficient (Wildman–Crippen LogP) is 1.39. The Bertz CT molecular complexity index is 692. The first-order valence-corrected chi connectivity index (χ1v) is 8.39. The van der Waals surface area contributed by atoms with E-state index < -0.39 is 0 Å². The third kappa shape index (κ3) is 4.00. The van der Waals surface area contributed by atoms with Gasteiger partial charge >= 0.3 is 0 Å². The lowest BCUT2D eigenvalue weighted by molar-refractivity contribution is -0.123. The van der Waals surface area contributed by atoms with Gasteiger partial charge in [-0.25, -0.2) is 0 Å². The van der Waals surface area contributed by atoms with Gasteiger partial charge in [-0.05, 0) is 50.8 Å². The van der Waals surface area contributed by atoms with Gasteiger partial charge in [0.1, 0.15) is 6.54 Å². The number of aliphatic hydroxyl groups excluding tert-OH is 1. The van der Waals surface area contributed by atoms with Crippen LogP contribution in [-0.4, -0.2) is 37.9 Å². The summed E-state index contributed by atoms with van der Waals surface area (Å²) >= 11 is 0. The Hall–Kier alpha value is -2.21. The highest BCUT2D eigenvalue weighted by Crippen LogP contribution is 2.31. The molecule has 0 aliphatic heterocycles. The summed E-state index contributed by atoms with van der Waals surface area (Å²) in [6.45, 7) is 4.08. The molecule has 0 spiro atoms. The third-order valence-electron chi connectivity index (χ3n) is 4.62. The number of hydrogen-bond acceptors (Lipinski definition) is 4. The van der Waals surface area contributed by atoms with Crippen LogP contribution in [0.4, 0.5) is 0 Å². The van der Waals surface area contributed by atoms with E-state index in [1.165, 1.54) is 0 Å². The predicted molar refractivity (Wildman–Crippen MR) is 90.3 cm³/mol. The first kappa shape index (κ1) is 16.6. The highest BCUT2D eigenvalue weighted by Gasteiger charge is 2.35. The maximum absolute atomic E-state index is 12.4. The number of aromatic nitrogens is 3. The number of nitrogens with zero attached hydrogens (tertiary/aromatic N) is 3. The van der Waals surface area contributed by atoms with Crippen LogP contribution >= 0.6 is 0 Å². The van der Waals surface area contributed by atoms with E-state index in [1.807, 2.05) is 38.1 Å². The zero-order valence-electron chi connectivity index (χ0n) is 14.1. The van der Waals surface area contributed by atoms with E-state index >= 15 is 0 Å². The van der Waals surface area contributed by atoms with Gasteiger partial charge in [0.05, 0.1) is 11.8 Å². The average Bonchev–Trinajstić information content (AvgIpc) is 2.82. The molecule has 1 fully saturated rings. The monoisotopic (exact) mass is 328 g/mol. The molecule has 0 radical (unpaired) electrons. The van der Waals surface area contributed by atoms with E-state index in [-0.39, 0.29) is 24.6 Å². The smallest absolute Gasteiger partial charge is 0.241 e. The fourth-order valence-electron chi connectivity index (χ4n) is 3.26. The first-order chi connectivity index (χ1) is 11.5. The minimum absolute atomic E-state index is 0.00670. The molecule has 3 rings (SSSR count). The minimum atomic E-state index is -0.242. The molecule has 2 aromatic rings. The van der Waals surface area contributed by atoms with Gasteiger partial charge in [0.25, 0.3) is 0 Å². The maximum Gasteiger partial charge on any atom is 0.241 e. The molecular formula is C18H24N4O2. The molecule has 6 nitrogen and oxygen atoms in total. The lowest BCUT2D eigenvalue weighted by atomic mass is 9.76. The Morgan fingerprint density at radius 2 is 2.21 bits per heavy atom. The number of pyridine rings is 1. The van der Waals surface area contributed by atoms with Gasteiger partial charge in [-0.1, -0.05) is 6.07 Å². The molecule has 0 unspecified atom stereocenters. The lowest BCUT2D eigenvalue weighted by Gasteiger charge is -2.38. The quantitative estimate of drug-likeness (QED) is 0.840. The van der Waals surface area contributed by atoms with Crippen molar-refractivity contribution in [3.05, 3.63) is 47.5 Å². The summed E-state index contributed by atoms with van der Waals surface area (Å²) in [7, 11) is 0. The molecule has 0 bridgehead atoms. The van der Waals surface area contributed by atoms with Crippen molar-refractivity contribution in [3.8, 4) is 0 Å². The summed E-state index contributed by atoms with van der Waals surface area (Å²) in [5, 5.41) is 17.1. The molecular weight excluding hydrogens is 304 g/mol. The van der Waals surface area contributed by atoms with Crippen LogP contribution in [0.1, 0.15) is 29.9 Å². The standard InChI is InChI=1S/C18H24N4O2/c1-12-7-13(2)22(21-12)11-18(24)20-17(14-8-16(23)9-14)10-15-5-3-4-6-19-15/h3-7,14,16-17,23H,8-11H2,1-2H3,(H,20,24)/t14?,16?,17-/m0/s1. The summed E-state index contributed by atoms with van der Waals surface area (Å²) in [5.41, 5.74) is 2.84. The van der Waals surface area contributed by atoms with Crippen LogP contribution in [0, 0.1) is 19.8 Å². The Balaban J connectivity index is 1.64. The molecule has 24 heavy (non-hydrogen) atoms. The van der Waals surface area contributed by atoms with E-state index in [2.05, 4.69) is 15.4 Å². The minimum Gasteiger partial charge on any atom is -0.393 e. The maximum atomic E-state index is 12.4. The normalized spacial score (nSPS) is 21.1. The molecule has 6 heteroatoms. The number of carbonyl (C=O) groups is 1. The molecule has 0 aromatic carbocycles. The van der Waals surface area contributed by atoms with Gasteiger partial charge in [-0.2, -0.15) is 5.10 Å². The Labute approximate surface area is 141 Å². The largest absolute Gasteiger partial charge is 0.393 e. The van der Waals surface area contributed by atoms with Crippen molar-refractivity contribution in [2.45, 2.75) is 51.8 Å². The highest BCUT2D eigenvalue weighted by atomic mass is 16.3. The number of carbonyl (C=O) groups excluding carboxylic acids is 1. The van der Waals surface area contributed by atoms with Crippen LogP contribution in [0.15, 0.2) is 30.5 Å². The molecule has 2 heterocycles. The zero-order valence-corrected chi connectivity index (χ0v) is 14.1. The van der Waals surface area contributed by atoms with E-state index in [9.17, 15) is 9.90 Å². The Morgan fingerprint density at radius 1 is 1.42 bits per heavy atom. The molecule has 1 aliphatic carbocycles. The zero-order chi connectivity index (χ0) is 17.1. The Morgan fingerprint density at radius 3 is 2.79 bits per heavy atom. The molecule has 1 aliphatic rings. The third-order valence-corrected chi connectivity index (χ3v) is 4.62. The van der Waals surface area contributed by atoms with Crippen molar-refractivity contribution in [1.29, 1.82) is 0 Å². The summed E-state index contributed by atoms with van der Waals surface area (Å²) in [4.78, 5) is 16.8. The van der Waals surface area contributed by atoms with Crippen molar-refractivity contribution >= 4 is 5.91 Å². The fraction of sp³-hybridized carbons (Fsp3) is 0.500. The molecule has 1 atom stereocenters. The summed E-state index contributed by atoms with van der Waals surface area (Å²) in [6, 6.07) is 7.75. The SMILES string of the molecule is Cc1cc(C)n(CC(=O)N[C@@H](Cc2ccccn2)C2CC(O)C2)n1. The second-order valence-corrected chi connectivity index (χ2v) is 6.67. The summed E-state index contributed by atoms with van der Waals surface area (Å²) in [6.07, 6.45) is 3.67.